The average Bonchev–Trinajstić information content (AvgIpc) is 3.04. The van der Waals surface area contributed by atoms with Gasteiger partial charge in [-0.15, -0.1) is 0 Å². The van der Waals surface area contributed by atoms with Crippen molar-refractivity contribution >= 4 is 16.9 Å². The van der Waals surface area contributed by atoms with Gasteiger partial charge in [-0.2, -0.15) is 13.2 Å². The van der Waals surface area contributed by atoms with Crippen LogP contribution in [-0.2, 0) is 23.0 Å². The van der Waals surface area contributed by atoms with Crippen LogP contribution in [0.25, 0.3) is 11.2 Å². The molecule has 1 unspecified atom stereocenters. The van der Waals surface area contributed by atoms with E-state index >= 15 is 0 Å². The summed E-state index contributed by atoms with van der Waals surface area (Å²) in [5, 5.41) is 10.7. The van der Waals surface area contributed by atoms with Gasteiger partial charge in [-0.3, -0.25) is 4.79 Å². The van der Waals surface area contributed by atoms with Crippen LogP contribution in [0.4, 0.5) is 13.2 Å². The SMILES string of the molecule is CC(O)(CC(=O)CCCc1nc2cc(C(F)(F)F)cnc2n1C1CCC1)c1ccccc1. The number of aryl methyl sites for hydroxylation is 1. The van der Waals surface area contributed by atoms with Crippen molar-refractivity contribution in [3.8, 4) is 0 Å². The molecule has 5 nitrogen and oxygen atoms in total. The Morgan fingerprint density at radius 3 is 2.53 bits per heavy atom. The highest BCUT2D eigenvalue weighted by Crippen LogP contribution is 2.37. The predicted molar refractivity (Wildman–Crippen MR) is 114 cm³/mol. The number of imidazole rings is 1. The average molecular weight is 445 g/mol. The molecule has 2 heterocycles. The zero-order valence-electron chi connectivity index (χ0n) is 17.9. The molecule has 4 rings (SSSR count). The first kappa shape index (κ1) is 22.5. The van der Waals surface area contributed by atoms with Crippen LogP contribution in [0.1, 0.15) is 68.4 Å². The first-order chi connectivity index (χ1) is 15.1. The standard InChI is InChI=1S/C24H26F3N3O2/c1-23(32,16-7-3-2-4-8-16)14-19(31)11-6-12-21-29-20-13-17(24(25,26)27)15-28-22(20)30(21)18-9-5-10-18/h2-4,7-8,13,15,18,32H,5-6,9-12,14H2,1H3. The molecule has 32 heavy (non-hydrogen) atoms. The van der Waals surface area contributed by atoms with Gasteiger partial charge in [0, 0.05) is 31.5 Å². The van der Waals surface area contributed by atoms with E-state index in [1.165, 1.54) is 0 Å². The molecule has 0 radical (unpaired) electrons. The highest BCUT2D eigenvalue weighted by molar-refractivity contribution is 5.79. The number of benzene rings is 1. The number of rotatable bonds is 8. The Kier molecular flexibility index (Phi) is 6.07. The van der Waals surface area contributed by atoms with Crippen molar-refractivity contribution in [3.05, 3.63) is 59.5 Å². The molecule has 3 aromatic rings. The number of hydrogen-bond donors (Lipinski definition) is 1. The summed E-state index contributed by atoms with van der Waals surface area (Å²) in [4.78, 5) is 21.0. The Labute approximate surface area is 184 Å². The van der Waals surface area contributed by atoms with Crippen LogP contribution in [-0.4, -0.2) is 25.4 Å². The van der Waals surface area contributed by atoms with E-state index in [0.29, 0.717) is 29.9 Å². The van der Waals surface area contributed by atoms with E-state index < -0.39 is 17.3 Å². The van der Waals surface area contributed by atoms with E-state index in [1.807, 2.05) is 22.8 Å². The molecule has 0 spiro atoms. The van der Waals surface area contributed by atoms with Crippen molar-refractivity contribution < 1.29 is 23.1 Å². The Bertz CT molecular complexity index is 1100. The number of Topliss-reactive ketones (excluding diaryl/α,β-unsaturated/α-hetero) is 1. The molecule has 1 aliphatic rings. The van der Waals surface area contributed by atoms with Crippen molar-refractivity contribution in [2.45, 2.75) is 69.7 Å². The molecule has 1 aromatic carbocycles. The van der Waals surface area contributed by atoms with Crippen molar-refractivity contribution in [3.63, 3.8) is 0 Å². The van der Waals surface area contributed by atoms with Crippen LogP contribution in [0, 0.1) is 0 Å². The van der Waals surface area contributed by atoms with Gasteiger partial charge in [0.05, 0.1) is 11.2 Å². The molecule has 2 aromatic heterocycles. The summed E-state index contributed by atoms with van der Waals surface area (Å²) in [6.07, 6.45) is 0.587. The van der Waals surface area contributed by atoms with Crippen LogP contribution in [0.15, 0.2) is 42.6 Å². The zero-order chi connectivity index (χ0) is 22.9. The monoisotopic (exact) mass is 445 g/mol. The van der Waals surface area contributed by atoms with Gasteiger partial charge in [0.15, 0.2) is 5.65 Å². The number of alkyl halides is 3. The minimum absolute atomic E-state index is 0.00650. The van der Waals surface area contributed by atoms with Gasteiger partial charge < -0.3 is 9.67 Å². The summed E-state index contributed by atoms with van der Waals surface area (Å²) in [5.41, 5.74) is -0.661. The molecule has 1 saturated carbocycles. The summed E-state index contributed by atoms with van der Waals surface area (Å²) in [5.74, 6) is 0.599. The minimum Gasteiger partial charge on any atom is -0.385 e. The predicted octanol–water partition coefficient (Wildman–Crippen LogP) is 5.36. The fourth-order valence-corrected chi connectivity index (χ4v) is 4.20. The first-order valence-corrected chi connectivity index (χ1v) is 10.9. The van der Waals surface area contributed by atoms with E-state index in [9.17, 15) is 23.1 Å². The lowest BCUT2D eigenvalue weighted by atomic mass is 9.89. The quantitative estimate of drug-likeness (QED) is 0.507. The number of carbonyl (C=O) groups excluding carboxylic acids is 1. The lowest BCUT2D eigenvalue weighted by Crippen LogP contribution is -2.25. The Morgan fingerprint density at radius 1 is 1.19 bits per heavy atom. The Morgan fingerprint density at radius 2 is 1.91 bits per heavy atom. The van der Waals surface area contributed by atoms with Crippen molar-refractivity contribution in [1.82, 2.24) is 14.5 Å². The van der Waals surface area contributed by atoms with Crippen LogP contribution >= 0.6 is 0 Å². The van der Waals surface area contributed by atoms with Gasteiger partial charge in [0.2, 0.25) is 0 Å². The van der Waals surface area contributed by atoms with Crippen molar-refractivity contribution in [1.29, 1.82) is 0 Å². The number of ketones is 1. The van der Waals surface area contributed by atoms with Gasteiger partial charge in [-0.05, 0) is 44.2 Å². The molecule has 1 aliphatic carbocycles. The summed E-state index contributed by atoms with van der Waals surface area (Å²) in [6.45, 7) is 1.63. The summed E-state index contributed by atoms with van der Waals surface area (Å²) in [7, 11) is 0. The van der Waals surface area contributed by atoms with Gasteiger partial charge in [0.1, 0.15) is 17.1 Å². The number of fused-ring (bicyclic) bond motifs is 1. The molecule has 1 fully saturated rings. The number of aliphatic hydroxyl groups is 1. The molecule has 0 saturated heterocycles. The normalized spacial score (nSPS) is 16.7. The number of nitrogens with zero attached hydrogens (tertiary/aromatic N) is 3. The third-order valence-corrected chi connectivity index (χ3v) is 6.16. The molecule has 0 amide bonds. The fraction of sp³-hybridized carbons (Fsp3) is 0.458. The van der Waals surface area contributed by atoms with Gasteiger partial charge in [-0.1, -0.05) is 30.3 Å². The van der Waals surface area contributed by atoms with Gasteiger partial charge in [-0.25, -0.2) is 9.97 Å². The van der Waals surface area contributed by atoms with E-state index in [2.05, 4.69) is 9.97 Å². The lowest BCUT2D eigenvalue weighted by Gasteiger charge is -2.28. The first-order valence-electron chi connectivity index (χ1n) is 10.9. The summed E-state index contributed by atoms with van der Waals surface area (Å²) < 4.78 is 41.2. The Hall–Kier alpha value is -2.74. The van der Waals surface area contributed by atoms with Crippen LogP contribution in [0.5, 0.6) is 0 Å². The second-order valence-electron chi connectivity index (χ2n) is 8.76. The van der Waals surface area contributed by atoms with Crippen LogP contribution in [0.3, 0.4) is 0 Å². The van der Waals surface area contributed by atoms with Crippen LogP contribution in [0.2, 0.25) is 0 Å². The van der Waals surface area contributed by atoms with E-state index in [0.717, 1.165) is 31.5 Å². The number of pyridine rings is 1. The molecular weight excluding hydrogens is 419 g/mol. The number of aromatic nitrogens is 3. The lowest BCUT2D eigenvalue weighted by molar-refractivity contribution is -0.137. The minimum atomic E-state index is -4.47. The van der Waals surface area contributed by atoms with Crippen LogP contribution < -0.4 is 0 Å². The van der Waals surface area contributed by atoms with E-state index in [4.69, 9.17) is 0 Å². The third kappa shape index (κ3) is 4.70. The second kappa shape index (κ2) is 8.65. The molecule has 170 valence electrons. The molecule has 1 N–H and O–H groups in total. The van der Waals surface area contributed by atoms with E-state index in [1.54, 1.807) is 19.1 Å². The van der Waals surface area contributed by atoms with Crippen molar-refractivity contribution in [2.24, 2.45) is 0 Å². The maximum atomic E-state index is 13.1. The highest BCUT2D eigenvalue weighted by Gasteiger charge is 2.33. The summed E-state index contributed by atoms with van der Waals surface area (Å²) >= 11 is 0. The molecular formula is C24H26F3N3O2. The maximum Gasteiger partial charge on any atom is 0.417 e. The summed E-state index contributed by atoms with van der Waals surface area (Å²) in [6, 6.07) is 10.3. The highest BCUT2D eigenvalue weighted by atomic mass is 19.4. The second-order valence-corrected chi connectivity index (χ2v) is 8.76. The van der Waals surface area contributed by atoms with Gasteiger partial charge >= 0.3 is 6.18 Å². The van der Waals surface area contributed by atoms with Gasteiger partial charge in [0.25, 0.3) is 0 Å². The number of halogens is 3. The molecule has 0 aliphatic heterocycles. The molecule has 8 heteroatoms. The Balaban J connectivity index is 1.46. The smallest absolute Gasteiger partial charge is 0.385 e. The van der Waals surface area contributed by atoms with Crippen molar-refractivity contribution in [2.75, 3.05) is 0 Å². The number of carbonyl (C=O) groups is 1. The topological polar surface area (TPSA) is 68.0 Å². The molecule has 0 bridgehead atoms. The van der Waals surface area contributed by atoms with E-state index in [-0.39, 0.29) is 30.2 Å². The zero-order valence-corrected chi connectivity index (χ0v) is 17.9. The third-order valence-electron chi connectivity index (χ3n) is 6.16. The number of hydrogen-bond acceptors (Lipinski definition) is 4. The largest absolute Gasteiger partial charge is 0.417 e. The fourth-order valence-electron chi connectivity index (χ4n) is 4.20. The maximum absolute atomic E-state index is 13.1. The molecule has 1 atom stereocenters.